The van der Waals surface area contributed by atoms with Gasteiger partial charge in [-0.3, -0.25) is 9.69 Å². The molecule has 1 aromatic rings. The highest BCUT2D eigenvalue weighted by atomic mass is 79.9. The normalized spacial score (nSPS) is 26.3. The van der Waals surface area contributed by atoms with E-state index in [9.17, 15) is 9.18 Å². The lowest BCUT2D eigenvalue weighted by Gasteiger charge is -2.32. The van der Waals surface area contributed by atoms with Gasteiger partial charge in [-0.1, -0.05) is 6.42 Å². The monoisotopic (exact) mass is 340 g/mol. The van der Waals surface area contributed by atoms with Crippen molar-refractivity contribution in [3.8, 4) is 0 Å². The van der Waals surface area contributed by atoms with E-state index in [0.29, 0.717) is 16.1 Å². The maximum absolute atomic E-state index is 13.5. The van der Waals surface area contributed by atoms with Gasteiger partial charge in [0, 0.05) is 24.2 Å². The summed E-state index contributed by atoms with van der Waals surface area (Å²) in [6, 6.07) is 5.18. The van der Waals surface area contributed by atoms with Crippen LogP contribution in [0.1, 0.15) is 36.0 Å². The van der Waals surface area contributed by atoms with Gasteiger partial charge in [0.05, 0.1) is 4.47 Å². The van der Waals surface area contributed by atoms with Gasteiger partial charge in [0.1, 0.15) is 5.82 Å². The number of hydrogen-bond acceptors (Lipinski definition) is 2. The van der Waals surface area contributed by atoms with Crippen molar-refractivity contribution in [2.24, 2.45) is 0 Å². The van der Waals surface area contributed by atoms with E-state index >= 15 is 0 Å². The van der Waals surface area contributed by atoms with Crippen LogP contribution in [-0.4, -0.2) is 36.0 Å². The molecular formula is C15H18BrFN2O. The molecule has 0 radical (unpaired) electrons. The van der Waals surface area contributed by atoms with Crippen LogP contribution >= 0.6 is 15.9 Å². The predicted molar refractivity (Wildman–Crippen MR) is 79.2 cm³/mol. The van der Waals surface area contributed by atoms with E-state index in [4.69, 9.17) is 0 Å². The molecule has 2 unspecified atom stereocenters. The Morgan fingerprint density at radius 2 is 2.15 bits per heavy atom. The number of nitrogens with zero attached hydrogens (tertiary/aromatic N) is 1. The molecule has 1 amide bonds. The Balaban J connectivity index is 1.68. The highest BCUT2D eigenvalue weighted by molar-refractivity contribution is 9.10. The molecule has 0 aliphatic carbocycles. The number of carbonyl (C=O) groups is 1. The summed E-state index contributed by atoms with van der Waals surface area (Å²) in [5.41, 5.74) is 0.389. The van der Waals surface area contributed by atoms with Crippen molar-refractivity contribution in [2.45, 2.75) is 37.8 Å². The minimum absolute atomic E-state index is 0.172. The van der Waals surface area contributed by atoms with Crippen molar-refractivity contribution in [2.75, 3.05) is 13.1 Å². The molecule has 5 heteroatoms. The average molecular weight is 341 g/mol. The van der Waals surface area contributed by atoms with Gasteiger partial charge in [0.25, 0.3) is 5.91 Å². The highest BCUT2D eigenvalue weighted by Gasteiger charge is 2.36. The molecule has 3 rings (SSSR count). The lowest BCUT2D eigenvalue weighted by atomic mass is 9.99. The van der Waals surface area contributed by atoms with Crippen molar-refractivity contribution >= 4 is 21.8 Å². The number of hydrogen-bond donors (Lipinski definition) is 1. The maximum Gasteiger partial charge on any atom is 0.251 e. The van der Waals surface area contributed by atoms with E-state index in [0.717, 1.165) is 25.9 Å². The molecule has 0 aromatic heterocycles. The number of nitrogens with one attached hydrogen (secondary N) is 1. The summed E-state index contributed by atoms with van der Waals surface area (Å²) >= 11 is 3.10. The van der Waals surface area contributed by atoms with Crippen LogP contribution in [0.5, 0.6) is 0 Å². The van der Waals surface area contributed by atoms with Gasteiger partial charge in [-0.05, 0) is 59.9 Å². The molecule has 2 heterocycles. The summed E-state index contributed by atoms with van der Waals surface area (Å²) in [6.07, 6.45) is 4.64. The van der Waals surface area contributed by atoms with E-state index in [1.54, 1.807) is 12.1 Å². The quantitative estimate of drug-likeness (QED) is 0.897. The minimum Gasteiger partial charge on any atom is -0.348 e. The predicted octanol–water partition coefficient (Wildman–Crippen LogP) is 2.94. The molecule has 0 spiro atoms. The van der Waals surface area contributed by atoms with Gasteiger partial charge < -0.3 is 5.32 Å². The van der Waals surface area contributed by atoms with Gasteiger partial charge in [-0.25, -0.2) is 4.39 Å². The molecule has 2 aliphatic rings. The number of rotatable bonds is 2. The molecule has 1 aromatic carbocycles. The molecule has 2 atom stereocenters. The Kier molecular flexibility index (Phi) is 4.08. The molecule has 0 saturated carbocycles. The molecule has 3 nitrogen and oxygen atoms in total. The summed E-state index contributed by atoms with van der Waals surface area (Å²) < 4.78 is 13.9. The first-order valence-corrected chi connectivity index (χ1v) is 7.94. The minimum atomic E-state index is -0.400. The van der Waals surface area contributed by atoms with Crippen LogP contribution in [-0.2, 0) is 0 Å². The number of benzene rings is 1. The average Bonchev–Trinajstić information content (AvgIpc) is 2.85. The first kappa shape index (κ1) is 14.0. The summed E-state index contributed by atoms with van der Waals surface area (Å²) in [5, 5.41) is 3.08. The number of halogens is 2. The Bertz CT molecular complexity index is 523. The third-order valence-corrected chi connectivity index (χ3v) is 5.00. The third kappa shape index (κ3) is 2.74. The summed E-state index contributed by atoms with van der Waals surface area (Å²) in [5.74, 6) is -0.572. The standard InChI is InChI=1S/C15H18BrFN2O/c16-11-5-4-10(9-12(11)17)15(20)18-13-6-8-19-7-2-1-3-14(13)19/h4-5,9,13-14H,1-3,6-8H2,(H,18,20). The molecule has 108 valence electrons. The van der Waals surface area contributed by atoms with Crippen molar-refractivity contribution in [1.29, 1.82) is 0 Å². The Morgan fingerprint density at radius 3 is 2.95 bits per heavy atom. The fraction of sp³-hybridized carbons (Fsp3) is 0.533. The number of fused-ring (bicyclic) bond motifs is 1. The van der Waals surface area contributed by atoms with E-state index in [1.165, 1.54) is 18.9 Å². The second-order valence-electron chi connectivity index (χ2n) is 5.60. The number of piperidine rings is 1. The van der Waals surface area contributed by atoms with Crippen LogP contribution in [0, 0.1) is 5.82 Å². The van der Waals surface area contributed by atoms with Gasteiger partial charge in [-0.15, -0.1) is 0 Å². The van der Waals surface area contributed by atoms with Crippen molar-refractivity contribution in [3.63, 3.8) is 0 Å². The SMILES string of the molecule is O=C(NC1CCN2CCCCC12)c1ccc(Br)c(F)c1. The first-order valence-electron chi connectivity index (χ1n) is 7.15. The summed E-state index contributed by atoms with van der Waals surface area (Å²) in [7, 11) is 0. The molecule has 2 aliphatic heterocycles. The molecule has 2 fully saturated rings. The zero-order chi connectivity index (χ0) is 14.1. The van der Waals surface area contributed by atoms with Crippen LogP contribution in [0.15, 0.2) is 22.7 Å². The molecule has 20 heavy (non-hydrogen) atoms. The zero-order valence-corrected chi connectivity index (χ0v) is 12.8. The van der Waals surface area contributed by atoms with Crippen LogP contribution in [0.25, 0.3) is 0 Å². The Morgan fingerprint density at radius 1 is 1.30 bits per heavy atom. The molecular weight excluding hydrogens is 323 g/mol. The van der Waals surface area contributed by atoms with Crippen LogP contribution < -0.4 is 5.32 Å². The number of carbonyl (C=O) groups excluding carboxylic acids is 1. The lowest BCUT2D eigenvalue weighted by molar-refractivity contribution is 0.0915. The van der Waals surface area contributed by atoms with E-state index in [1.807, 2.05) is 0 Å². The fourth-order valence-corrected chi connectivity index (χ4v) is 3.55. The smallest absolute Gasteiger partial charge is 0.251 e. The molecule has 1 N–H and O–H groups in total. The van der Waals surface area contributed by atoms with Gasteiger partial charge >= 0.3 is 0 Å². The second-order valence-corrected chi connectivity index (χ2v) is 6.45. The Labute approximate surface area is 126 Å². The van der Waals surface area contributed by atoms with E-state index in [-0.39, 0.29) is 11.9 Å². The van der Waals surface area contributed by atoms with Crippen molar-refractivity contribution < 1.29 is 9.18 Å². The molecule has 0 bridgehead atoms. The summed E-state index contributed by atoms with van der Waals surface area (Å²) in [6.45, 7) is 2.20. The van der Waals surface area contributed by atoms with Crippen LogP contribution in [0.4, 0.5) is 4.39 Å². The lowest BCUT2D eigenvalue weighted by Crippen LogP contribution is -2.46. The Hall–Kier alpha value is -0.940. The van der Waals surface area contributed by atoms with Gasteiger partial charge in [-0.2, -0.15) is 0 Å². The largest absolute Gasteiger partial charge is 0.348 e. The zero-order valence-electron chi connectivity index (χ0n) is 11.2. The summed E-state index contributed by atoms with van der Waals surface area (Å²) in [4.78, 5) is 14.7. The van der Waals surface area contributed by atoms with Gasteiger partial charge in [0.2, 0.25) is 0 Å². The number of amides is 1. The first-order chi connectivity index (χ1) is 9.65. The van der Waals surface area contributed by atoms with Crippen LogP contribution in [0.2, 0.25) is 0 Å². The topological polar surface area (TPSA) is 32.3 Å². The molecule has 2 saturated heterocycles. The fourth-order valence-electron chi connectivity index (χ4n) is 3.30. The third-order valence-electron chi connectivity index (χ3n) is 4.35. The van der Waals surface area contributed by atoms with Crippen molar-refractivity contribution in [3.05, 3.63) is 34.1 Å². The van der Waals surface area contributed by atoms with E-state index in [2.05, 4.69) is 26.1 Å². The van der Waals surface area contributed by atoms with Crippen molar-refractivity contribution in [1.82, 2.24) is 10.2 Å². The van der Waals surface area contributed by atoms with E-state index < -0.39 is 5.82 Å². The highest BCUT2D eigenvalue weighted by Crippen LogP contribution is 2.27. The van der Waals surface area contributed by atoms with Gasteiger partial charge in [0.15, 0.2) is 0 Å². The maximum atomic E-state index is 13.5. The second kappa shape index (κ2) is 5.82. The van der Waals surface area contributed by atoms with Crippen LogP contribution in [0.3, 0.4) is 0 Å².